The summed E-state index contributed by atoms with van der Waals surface area (Å²) in [6, 6.07) is 6.42. The summed E-state index contributed by atoms with van der Waals surface area (Å²) in [5, 5.41) is 2.72. The van der Waals surface area contributed by atoms with Gasteiger partial charge in [0.25, 0.3) is 0 Å². The molecule has 2 amide bonds. The molecule has 2 saturated heterocycles. The molecule has 0 bridgehead atoms. The minimum absolute atomic E-state index is 0.0794. The summed E-state index contributed by atoms with van der Waals surface area (Å²) in [6.07, 6.45) is 2.10. The van der Waals surface area contributed by atoms with Crippen molar-refractivity contribution in [2.24, 2.45) is 0 Å². The molecule has 0 radical (unpaired) electrons. The Hall–Kier alpha value is -1.99. The Morgan fingerprint density at radius 2 is 2.32 bits per heavy atom. The quantitative estimate of drug-likeness (QED) is 0.824. The number of carbonyl (C=O) groups excluding carboxylic acids is 2. The number of rotatable bonds is 6. The van der Waals surface area contributed by atoms with Gasteiger partial charge in [0, 0.05) is 32.8 Å². The third kappa shape index (κ3) is 5.24. The molecule has 0 saturated carbocycles. The molecule has 7 heteroatoms. The van der Waals surface area contributed by atoms with E-state index >= 15 is 0 Å². The molecule has 0 spiro atoms. The van der Waals surface area contributed by atoms with Crippen LogP contribution in [0.4, 0.5) is 4.39 Å². The predicted octanol–water partition coefficient (Wildman–Crippen LogP) is 0.765. The summed E-state index contributed by atoms with van der Waals surface area (Å²) in [7, 11) is 0. The molecule has 0 aromatic heterocycles. The van der Waals surface area contributed by atoms with E-state index in [1.54, 1.807) is 11.0 Å². The lowest BCUT2D eigenvalue weighted by molar-refractivity contribution is -0.139. The van der Waals surface area contributed by atoms with Gasteiger partial charge in [0.05, 0.1) is 19.2 Å². The van der Waals surface area contributed by atoms with Crippen LogP contribution in [0.3, 0.4) is 0 Å². The maximum absolute atomic E-state index is 13.5. The summed E-state index contributed by atoms with van der Waals surface area (Å²) in [6.45, 7) is 3.17. The molecule has 0 aliphatic carbocycles. The van der Waals surface area contributed by atoms with Gasteiger partial charge in [0.15, 0.2) is 0 Å². The number of ether oxygens (including phenoxy) is 1. The number of nitrogens with zero attached hydrogens (tertiary/aromatic N) is 2. The molecule has 2 aliphatic heterocycles. The maximum atomic E-state index is 13.5. The fraction of sp³-hybridized carbons (Fsp3) is 0.556. The fourth-order valence-corrected chi connectivity index (χ4v) is 3.30. The molecule has 6 nitrogen and oxygen atoms in total. The lowest BCUT2D eigenvalue weighted by Crippen LogP contribution is -2.52. The van der Waals surface area contributed by atoms with Crippen LogP contribution in [-0.2, 0) is 20.9 Å². The topological polar surface area (TPSA) is 61.9 Å². The van der Waals surface area contributed by atoms with Gasteiger partial charge in [-0.3, -0.25) is 14.5 Å². The van der Waals surface area contributed by atoms with E-state index in [0.29, 0.717) is 26.2 Å². The Morgan fingerprint density at radius 3 is 3.04 bits per heavy atom. The summed E-state index contributed by atoms with van der Waals surface area (Å²) >= 11 is 0. The van der Waals surface area contributed by atoms with Crippen LogP contribution in [0, 0.1) is 5.82 Å². The lowest BCUT2D eigenvalue weighted by atomic mass is 10.1. The third-order valence-corrected chi connectivity index (χ3v) is 4.53. The molecular weight excluding hydrogens is 325 g/mol. The zero-order valence-electron chi connectivity index (χ0n) is 14.2. The molecule has 1 atom stereocenters. The average Bonchev–Trinajstić information content (AvgIpc) is 3.08. The van der Waals surface area contributed by atoms with Crippen molar-refractivity contribution in [3.63, 3.8) is 0 Å². The minimum Gasteiger partial charge on any atom is -0.377 e. The van der Waals surface area contributed by atoms with E-state index < -0.39 is 0 Å². The van der Waals surface area contributed by atoms with Crippen LogP contribution in [0.2, 0.25) is 0 Å². The zero-order valence-corrected chi connectivity index (χ0v) is 14.2. The normalized spacial score (nSPS) is 20.8. The van der Waals surface area contributed by atoms with Crippen molar-refractivity contribution in [3.8, 4) is 0 Å². The van der Waals surface area contributed by atoms with Gasteiger partial charge in [-0.15, -0.1) is 0 Å². The van der Waals surface area contributed by atoms with Gasteiger partial charge < -0.3 is 15.0 Å². The summed E-state index contributed by atoms with van der Waals surface area (Å²) in [5.41, 5.74) is 0.821. The standard InChI is InChI=1S/C18H24FN3O3/c19-15-4-1-3-14(9-15)10-21(11-16-5-2-8-25-16)13-18(24)22-7-6-20-17(23)12-22/h1,3-4,9,16H,2,5-8,10-13H2,(H,20,23). The lowest BCUT2D eigenvalue weighted by Gasteiger charge is -2.30. The van der Waals surface area contributed by atoms with E-state index in [0.717, 1.165) is 25.0 Å². The molecule has 1 N–H and O–H groups in total. The maximum Gasteiger partial charge on any atom is 0.239 e. The SMILES string of the molecule is O=C1CN(C(=O)CN(Cc2cccc(F)c2)CC2CCCO2)CCN1. The largest absolute Gasteiger partial charge is 0.377 e. The highest BCUT2D eigenvalue weighted by molar-refractivity contribution is 5.86. The van der Waals surface area contributed by atoms with E-state index in [-0.39, 0.29) is 36.8 Å². The Labute approximate surface area is 146 Å². The van der Waals surface area contributed by atoms with Crippen LogP contribution in [0.5, 0.6) is 0 Å². The molecule has 1 aromatic carbocycles. The number of benzene rings is 1. The first-order valence-electron chi connectivity index (χ1n) is 8.73. The second kappa shape index (κ2) is 8.40. The van der Waals surface area contributed by atoms with Crippen molar-refractivity contribution in [1.82, 2.24) is 15.1 Å². The number of hydrogen-bond acceptors (Lipinski definition) is 4. The van der Waals surface area contributed by atoms with Gasteiger partial charge in [-0.05, 0) is 30.5 Å². The Bertz CT molecular complexity index is 619. The summed E-state index contributed by atoms with van der Waals surface area (Å²) < 4.78 is 19.1. The number of hydrogen-bond donors (Lipinski definition) is 1. The van der Waals surface area contributed by atoms with Gasteiger partial charge in [0.2, 0.25) is 11.8 Å². The van der Waals surface area contributed by atoms with Crippen molar-refractivity contribution >= 4 is 11.8 Å². The van der Waals surface area contributed by atoms with Crippen LogP contribution in [0.25, 0.3) is 0 Å². The van der Waals surface area contributed by atoms with Gasteiger partial charge in [-0.2, -0.15) is 0 Å². The van der Waals surface area contributed by atoms with E-state index in [1.165, 1.54) is 12.1 Å². The van der Waals surface area contributed by atoms with Gasteiger partial charge in [-0.1, -0.05) is 12.1 Å². The van der Waals surface area contributed by atoms with Crippen LogP contribution in [0.15, 0.2) is 24.3 Å². The smallest absolute Gasteiger partial charge is 0.239 e. The molecule has 1 aromatic rings. The van der Waals surface area contributed by atoms with Crippen LogP contribution in [-0.4, -0.2) is 67.0 Å². The van der Waals surface area contributed by atoms with E-state index in [4.69, 9.17) is 4.74 Å². The Morgan fingerprint density at radius 1 is 1.44 bits per heavy atom. The fourth-order valence-electron chi connectivity index (χ4n) is 3.30. The molecule has 25 heavy (non-hydrogen) atoms. The van der Waals surface area contributed by atoms with Crippen LogP contribution < -0.4 is 5.32 Å². The first-order valence-corrected chi connectivity index (χ1v) is 8.73. The zero-order chi connectivity index (χ0) is 17.6. The Kier molecular flexibility index (Phi) is 5.99. The molecular formula is C18H24FN3O3. The van der Waals surface area contributed by atoms with E-state index in [9.17, 15) is 14.0 Å². The van der Waals surface area contributed by atoms with Crippen molar-refractivity contribution in [2.75, 3.05) is 39.3 Å². The van der Waals surface area contributed by atoms with Crippen molar-refractivity contribution < 1.29 is 18.7 Å². The molecule has 3 rings (SSSR count). The van der Waals surface area contributed by atoms with Gasteiger partial charge in [-0.25, -0.2) is 4.39 Å². The first kappa shape index (κ1) is 17.8. The van der Waals surface area contributed by atoms with Crippen molar-refractivity contribution in [3.05, 3.63) is 35.6 Å². The molecule has 2 fully saturated rings. The second-order valence-electron chi connectivity index (χ2n) is 6.60. The molecule has 1 unspecified atom stereocenters. The molecule has 2 aliphatic rings. The third-order valence-electron chi connectivity index (χ3n) is 4.53. The Balaban J connectivity index is 1.64. The van der Waals surface area contributed by atoms with E-state index in [2.05, 4.69) is 5.32 Å². The predicted molar refractivity (Wildman–Crippen MR) is 90.2 cm³/mol. The monoisotopic (exact) mass is 349 g/mol. The number of nitrogens with one attached hydrogen (secondary N) is 1. The minimum atomic E-state index is -0.284. The molecule has 136 valence electrons. The van der Waals surface area contributed by atoms with Gasteiger partial charge in [0.1, 0.15) is 5.82 Å². The number of amides is 2. The summed E-state index contributed by atoms with van der Waals surface area (Å²) in [5.74, 6) is -0.492. The average molecular weight is 349 g/mol. The van der Waals surface area contributed by atoms with E-state index in [1.807, 2.05) is 11.0 Å². The number of piperazine rings is 1. The second-order valence-corrected chi connectivity index (χ2v) is 6.60. The highest BCUT2D eigenvalue weighted by Gasteiger charge is 2.25. The van der Waals surface area contributed by atoms with Crippen LogP contribution in [0.1, 0.15) is 18.4 Å². The first-order chi connectivity index (χ1) is 12.1. The highest BCUT2D eigenvalue weighted by Crippen LogP contribution is 2.16. The summed E-state index contributed by atoms with van der Waals surface area (Å²) in [4.78, 5) is 27.6. The molecule has 2 heterocycles. The van der Waals surface area contributed by atoms with Crippen LogP contribution >= 0.6 is 0 Å². The number of carbonyl (C=O) groups is 2. The highest BCUT2D eigenvalue weighted by atomic mass is 19.1. The van der Waals surface area contributed by atoms with Gasteiger partial charge >= 0.3 is 0 Å². The van der Waals surface area contributed by atoms with Crippen molar-refractivity contribution in [2.45, 2.75) is 25.5 Å². The van der Waals surface area contributed by atoms with Crippen molar-refractivity contribution in [1.29, 1.82) is 0 Å². The number of halogens is 1.